The zero-order valence-electron chi connectivity index (χ0n) is 13.2. The predicted octanol–water partition coefficient (Wildman–Crippen LogP) is 0.904. The van der Waals surface area contributed by atoms with Gasteiger partial charge in [0, 0.05) is 28.4 Å². The summed E-state index contributed by atoms with van der Waals surface area (Å²) in [5, 5.41) is 0. The van der Waals surface area contributed by atoms with Crippen LogP contribution in [0.15, 0.2) is 9.98 Å². The average molecular weight is 302 g/mol. The highest BCUT2D eigenvalue weighted by molar-refractivity contribution is 5.98. The largest absolute Gasteiger partial charge is 0.423 e. The Bertz CT molecular complexity index is 402. The second kappa shape index (κ2) is 5.88. The van der Waals surface area contributed by atoms with E-state index in [-0.39, 0.29) is 18.5 Å². The van der Waals surface area contributed by atoms with E-state index in [1.165, 1.54) is 28.4 Å². The highest BCUT2D eigenvalue weighted by Crippen LogP contribution is 2.32. The van der Waals surface area contributed by atoms with Crippen molar-refractivity contribution in [2.45, 2.75) is 44.3 Å². The standard InChI is InChI=1S/C13H22N2O6/c1-8-12(16-3,17-4)20-10(14-8)7-11-15-9(2)13(18-5,19-6)21-11/h8-9H,7H2,1-6H3/t8-,9-/m1/s1. The van der Waals surface area contributed by atoms with E-state index >= 15 is 0 Å². The van der Waals surface area contributed by atoms with Crippen molar-refractivity contribution in [1.82, 2.24) is 0 Å². The molecule has 120 valence electrons. The van der Waals surface area contributed by atoms with Gasteiger partial charge in [-0.2, -0.15) is 0 Å². The smallest absolute Gasteiger partial charge is 0.351 e. The van der Waals surface area contributed by atoms with Crippen LogP contribution < -0.4 is 0 Å². The van der Waals surface area contributed by atoms with Gasteiger partial charge in [-0.15, -0.1) is 0 Å². The number of hydrogen-bond donors (Lipinski definition) is 0. The SMILES string of the molecule is COC1(OC)OC(CC2=N[C@H](C)C(OC)(OC)O2)=N[C@@H]1C. The molecule has 0 bridgehead atoms. The van der Waals surface area contributed by atoms with Crippen molar-refractivity contribution in [3.63, 3.8) is 0 Å². The molecule has 0 N–H and O–H groups in total. The zero-order valence-corrected chi connectivity index (χ0v) is 13.2. The van der Waals surface area contributed by atoms with Crippen molar-refractivity contribution in [2.24, 2.45) is 9.98 Å². The first-order valence-corrected chi connectivity index (χ1v) is 6.67. The molecule has 2 aliphatic rings. The van der Waals surface area contributed by atoms with Crippen molar-refractivity contribution in [2.75, 3.05) is 28.4 Å². The van der Waals surface area contributed by atoms with Gasteiger partial charge in [-0.3, -0.25) is 0 Å². The molecule has 0 fully saturated rings. The first-order chi connectivity index (χ1) is 9.95. The van der Waals surface area contributed by atoms with Crippen molar-refractivity contribution < 1.29 is 28.4 Å². The van der Waals surface area contributed by atoms with Gasteiger partial charge in [0.2, 0.25) is 0 Å². The lowest BCUT2D eigenvalue weighted by Gasteiger charge is -2.28. The third-order valence-corrected chi connectivity index (χ3v) is 3.66. The Morgan fingerprint density at radius 1 is 0.810 bits per heavy atom. The van der Waals surface area contributed by atoms with E-state index in [4.69, 9.17) is 28.4 Å². The van der Waals surface area contributed by atoms with Gasteiger partial charge in [0.1, 0.15) is 12.1 Å². The number of hydrogen-bond acceptors (Lipinski definition) is 8. The van der Waals surface area contributed by atoms with Crippen LogP contribution in [0.1, 0.15) is 20.3 Å². The van der Waals surface area contributed by atoms with Gasteiger partial charge in [-0.1, -0.05) is 0 Å². The fourth-order valence-electron chi connectivity index (χ4n) is 2.45. The van der Waals surface area contributed by atoms with E-state index < -0.39 is 11.9 Å². The highest BCUT2D eigenvalue weighted by Gasteiger charge is 2.49. The highest BCUT2D eigenvalue weighted by atomic mass is 16.9. The molecule has 0 aliphatic carbocycles. The molecule has 0 amide bonds. The van der Waals surface area contributed by atoms with Gasteiger partial charge >= 0.3 is 11.9 Å². The lowest BCUT2D eigenvalue weighted by atomic mass is 10.3. The monoisotopic (exact) mass is 302 g/mol. The van der Waals surface area contributed by atoms with E-state index in [2.05, 4.69) is 9.98 Å². The summed E-state index contributed by atoms with van der Waals surface area (Å²) in [5.74, 6) is -1.53. The van der Waals surface area contributed by atoms with Crippen molar-refractivity contribution >= 4 is 11.8 Å². The van der Waals surface area contributed by atoms with Crippen LogP contribution in [-0.2, 0) is 28.4 Å². The van der Waals surface area contributed by atoms with Gasteiger partial charge < -0.3 is 28.4 Å². The third kappa shape index (κ3) is 2.64. The normalized spacial score (nSPS) is 29.6. The maximum absolute atomic E-state index is 5.66. The van der Waals surface area contributed by atoms with Gasteiger partial charge in [0.25, 0.3) is 0 Å². The number of methoxy groups -OCH3 is 4. The molecule has 0 saturated carbocycles. The third-order valence-electron chi connectivity index (χ3n) is 3.66. The van der Waals surface area contributed by atoms with Crippen LogP contribution in [0.2, 0.25) is 0 Å². The minimum atomic E-state index is -1.19. The zero-order chi connectivity index (χ0) is 15.7. The van der Waals surface area contributed by atoms with Gasteiger partial charge in [-0.05, 0) is 13.8 Å². The fourth-order valence-corrected chi connectivity index (χ4v) is 2.45. The predicted molar refractivity (Wildman–Crippen MR) is 74.1 cm³/mol. The first kappa shape index (κ1) is 16.2. The van der Waals surface area contributed by atoms with E-state index in [0.29, 0.717) is 11.8 Å². The molecule has 0 aromatic carbocycles. The van der Waals surface area contributed by atoms with Crippen molar-refractivity contribution in [1.29, 1.82) is 0 Å². The Labute approximate surface area is 124 Å². The number of rotatable bonds is 6. The summed E-state index contributed by atoms with van der Waals surface area (Å²) in [5.41, 5.74) is 0. The molecule has 0 unspecified atom stereocenters. The van der Waals surface area contributed by atoms with E-state index in [1.54, 1.807) is 0 Å². The second-order valence-electron chi connectivity index (χ2n) is 4.80. The van der Waals surface area contributed by atoms with Gasteiger partial charge in [0.15, 0.2) is 11.8 Å². The van der Waals surface area contributed by atoms with Crippen LogP contribution in [0.25, 0.3) is 0 Å². The maximum Gasteiger partial charge on any atom is 0.351 e. The molecule has 0 spiro atoms. The van der Waals surface area contributed by atoms with Crippen LogP contribution in [0.5, 0.6) is 0 Å². The number of ether oxygens (including phenoxy) is 6. The molecular formula is C13H22N2O6. The van der Waals surface area contributed by atoms with Crippen molar-refractivity contribution in [3.05, 3.63) is 0 Å². The first-order valence-electron chi connectivity index (χ1n) is 6.67. The van der Waals surface area contributed by atoms with Crippen LogP contribution >= 0.6 is 0 Å². The van der Waals surface area contributed by atoms with Crippen LogP contribution in [0.3, 0.4) is 0 Å². The van der Waals surface area contributed by atoms with Crippen LogP contribution in [-0.4, -0.2) is 64.3 Å². The summed E-state index contributed by atoms with van der Waals surface area (Å²) in [6.07, 6.45) is 0.275. The van der Waals surface area contributed by atoms with E-state index in [9.17, 15) is 0 Å². The summed E-state index contributed by atoms with van der Waals surface area (Å²) in [4.78, 5) is 8.75. The molecule has 2 rings (SSSR count). The lowest BCUT2D eigenvalue weighted by molar-refractivity contribution is -0.329. The Kier molecular flexibility index (Phi) is 4.52. The Hall–Kier alpha value is -1.22. The summed E-state index contributed by atoms with van der Waals surface area (Å²) in [6.45, 7) is 3.68. The maximum atomic E-state index is 5.66. The summed E-state index contributed by atoms with van der Waals surface area (Å²) in [7, 11) is 6.02. The number of nitrogens with zero attached hydrogens (tertiary/aromatic N) is 2. The van der Waals surface area contributed by atoms with Gasteiger partial charge in [-0.25, -0.2) is 9.98 Å². The molecule has 21 heavy (non-hydrogen) atoms. The van der Waals surface area contributed by atoms with Crippen LogP contribution in [0.4, 0.5) is 0 Å². The Morgan fingerprint density at radius 2 is 1.14 bits per heavy atom. The molecule has 8 nitrogen and oxygen atoms in total. The Balaban J connectivity index is 2.05. The summed E-state index contributed by atoms with van der Waals surface area (Å²) >= 11 is 0. The average Bonchev–Trinajstić information content (AvgIpc) is 2.97. The van der Waals surface area contributed by atoms with Crippen molar-refractivity contribution in [3.8, 4) is 0 Å². The minimum absolute atomic E-state index is 0.275. The lowest BCUT2D eigenvalue weighted by Crippen LogP contribution is -2.43. The molecule has 2 atom stereocenters. The van der Waals surface area contributed by atoms with E-state index in [1.807, 2.05) is 13.8 Å². The quantitative estimate of drug-likeness (QED) is 0.678. The summed E-state index contributed by atoms with van der Waals surface area (Å²) in [6, 6.07) is -0.590. The number of aliphatic imine (C=N–C) groups is 2. The Morgan fingerprint density at radius 3 is 1.38 bits per heavy atom. The molecule has 8 heteroatoms. The fraction of sp³-hybridized carbons (Fsp3) is 0.846. The van der Waals surface area contributed by atoms with Gasteiger partial charge in [0.05, 0.1) is 6.42 Å². The van der Waals surface area contributed by atoms with Crippen LogP contribution in [0, 0.1) is 0 Å². The molecule has 0 aromatic heterocycles. The molecule has 0 saturated heterocycles. The molecular weight excluding hydrogens is 280 g/mol. The molecule has 2 aliphatic heterocycles. The summed E-state index contributed by atoms with van der Waals surface area (Å²) < 4.78 is 32.4. The molecule has 0 aromatic rings. The van der Waals surface area contributed by atoms with E-state index in [0.717, 1.165) is 0 Å². The topological polar surface area (TPSA) is 80.1 Å². The molecule has 0 radical (unpaired) electrons. The molecule has 2 heterocycles. The minimum Gasteiger partial charge on any atom is -0.423 e. The second-order valence-corrected chi connectivity index (χ2v) is 4.80.